The molecule has 3 N–H and O–H groups in total. The van der Waals surface area contributed by atoms with Crippen LogP contribution in [0.15, 0.2) is 0 Å². The Morgan fingerprint density at radius 2 is 2.43 bits per heavy atom. The van der Waals surface area contributed by atoms with Gasteiger partial charge in [-0.15, -0.1) is 0 Å². The molecule has 0 aromatic heterocycles. The molecule has 2 nitrogen and oxygen atoms in total. The highest BCUT2D eigenvalue weighted by molar-refractivity contribution is 8.22. The second-order valence-electron chi connectivity index (χ2n) is 0.891. The number of rotatable bonds is 2. The summed E-state index contributed by atoms with van der Waals surface area (Å²) < 4.78 is 0.397. The molecule has 4 heteroatoms. The van der Waals surface area contributed by atoms with Crippen LogP contribution >= 0.6 is 24.0 Å². The molecular weight excluding hydrogens is 130 g/mol. The van der Waals surface area contributed by atoms with Gasteiger partial charge in [-0.1, -0.05) is 24.0 Å². The highest BCUT2D eigenvalue weighted by Crippen LogP contribution is 1.95. The first-order valence-corrected chi connectivity index (χ1v) is 3.20. The highest BCUT2D eigenvalue weighted by atomic mass is 32.2. The van der Waals surface area contributed by atoms with Crippen molar-refractivity contribution < 1.29 is 5.11 Å². The number of nitrogens with two attached hydrogens (primary N) is 1. The van der Waals surface area contributed by atoms with Gasteiger partial charge in [0.1, 0.15) is 4.32 Å². The average Bonchev–Trinajstić information content (AvgIpc) is 1.61. The minimum absolute atomic E-state index is 0.141. The number of thioether (sulfide) groups is 1. The summed E-state index contributed by atoms with van der Waals surface area (Å²) in [7, 11) is 0. The van der Waals surface area contributed by atoms with Crippen molar-refractivity contribution in [3.8, 4) is 0 Å². The van der Waals surface area contributed by atoms with Gasteiger partial charge in [0.05, 0.1) is 6.61 Å². The standard InChI is InChI=1S/C3H7NOS2/c4-3(6)7-2-1-5/h5H,1-2H2,(H2,4,6). The lowest BCUT2D eigenvalue weighted by Gasteiger charge is -1.89. The van der Waals surface area contributed by atoms with Crippen LogP contribution in [0.2, 0.25) is 0 Å². The van der Waals surface area contributed by atoms with Crippen molar-refractivity contribution in [3.05, 3.63) is 0 Å². The summed E-state index contributed by atoms with van der Waals surface area (Å²) in [6.07, 6.45) is 0. The zero-order chi connectivity index (χ0) is 5.70. The molecule has 0 aromatic carbocycles. The van der Waals surface area contributed by atoms with E-state index in [2.05, 4.69) is 12.2 Å². The smallest absolute Gasteiger partial charge is 0.131 e. The zero-order valence-corrected chi connectivity index (χ0v) is 5.39. The van der Waals surface area contributed by atoms with Crippen LogP contribution in [0, 0.1) is 0 Å². The lowest BCUT2D eigenvalue weighted by atomic mass is 10.9. The van der Waals surface area contributed by atoms with Crippen molar-refractivity contribution in [1.82, 2.24) is 0 Å². The molecule has 0 fully saturated rings. The van der Waals surface area contributed by atoms with Crippen LogP contribution in [-0.4, -0.2) is 21.8 Å². The van der Waals surface area contributed by atoms with E-state index in [1.54, 1.807) is 0 Å². The lowest BCUT2D eigenvalue weighted by molar-refractivity contribution is 0.323. The van der Waals surface area contributed by atoms with E-state index in [9.17, 15) is 0 Å². The SMILES string of the molecule is NC(=S)SCCO. The summed E-state index contributed by atoms with van der Waals surface area (Å²) in [4.78, 5) is 0. The van der Waals surface area contributed by atoms with Crippen LogP contribution in [0.1, 0.15) is 0 Å². The van der Waals surface area contributed by atoms with Gasteiger partial charge in [0.2, 0.25) is 0 Å². The van der Waals surface area contributed by atoms with Crippen LogP contribution in [0.3, 0.4) is 0 Å². The normalized spacial score (nSPS) is 8.71. The first kappa shape index (κ1) is 7.20. The van der Waals surface area contributed by atoms with Crippen molar-refractivity contribution in [2.75, 3.05) is 12.4 Å². The van der Waals surface area contributed by atoms with Gasteiger partial charge in [-0.3, -0.25) is 0 Å². The van der Waals surface area contributed by atoms with Crippen LogP contribution in [0.25, 0.3) is 0 Å². The number of aliphatic hydroxyl groups is 1. The van der Waals surface area contributed by atoms with E-state index in [0.29, 0.717) is 10.1 Å². The van der Waals surface area contributed by atoms with E-state index in [1.807, 2.05) is 0 Å². The largest absolute Gasteiger partial charge is 0.396 e. The summed E-state index contributed by atoms with van der Waals surface area (Å²) in [5, 5.41) is 8.18. The van der Waals surface area contributed by atoms with Crippen LogP contribution in [0.4, 0.5) is 0 Å². The molecule has 0 atom stereocenters. The molecule has 0 heterocycles. The molecule has 0 rings (SSSR count). The molecule has 0 aliphatic carbocycles. The van der Waals surface area contributed by atoms with E-state index in [0.717, 1.165) is 0 Å². The average molecular weight is 137 g/mol. The van der Waals surface area contributed by atoms with Crippen LogP contribution in [0.5, 0.6) is 0 Å². The van der Waals surface area contributed by atoms with Gasteiger partial charge in [-0.2, -0.15) is 0 Å². The molecule has 0 saturated heterocycles. The number of hydrogen-bond acceptors (Lipinski definition) is 3. The Bertz CT molecular complexity index is 66.0. The Labute approximate surface area is 52.1 Å². The maximum Gasteiger partial charge on any atom is 0.131 e. The Morgan fingerprint density at radius 1 is 1.86 bits per heavy atom. The maximum absolute atomic E-state index is 8.18. The van der Waals surface area contributed by atoms with Gasteiger partial charge in [0.25, 0.3) is 0 Å². The fourth-order valence-electron chi connectivity index (χ4n) is 0.146. The fourth-order valence-corrected chi connectivity index (χ4v) is 0.689. The topological polar surface area (TPSA) is 46.2 Å². The minimum Gasteiger partial charge on any atom is -0.396 e. The molecule has 0 bridgehead atoms. The van der Waals surface area contributed by atoms with E-state index in [-0.39, 0.29) is 6.61 Å². The molecule has 0 aliphatic rings. The first-order valence-electron chi connectivity index (χ1n) is 1.80. The second kappa shape index (κ2) is 4.36. The van der Waals surface area contributed by atoms with E-state index >= 15 is 0 Å². The molecule has 0 aromatic rings. The Morgan fingerprint density at radius 3 is 2.57 bits per heavy atom. The minimum atomic E-state index is 0.141. The first-order chi connectivity index (χ1) is 3.27. The molecular formula is C3H7NOS2. The third-order valence-corrected chi connectivity index (χ3v) is 1.36. The predicted octanol–water partition coefficient (Wildman–Crippen LogP) is -0.0445. The van der Waals surface area contributed by atoms with Gasteiger partial charge in [-0.05, 0) is 0 Å². The molecule has 0 radical (unpaired) electrons. The van der Waals surface area contributed by atoms with Gasteiger partial charge < -0.3 is 10.8 Å². The monoisotopic (exact) mass is 137 g/mol. The van der Waals surface area contributed by atoms with Gasteiger partial charge in [0.15, 0.2) is 0 Å². The van der Waals surface area contributed by atoms with Crippen molar-refractivity contribution in [1.29, 1.82) is 0 Å². The molecule has 0 aliphatic heterocycles. The Kier molecular flexibility index (Phi) is 4.49. The summed E-state index contributed by atoms with van der Waals surface area (Å²) in [5.41, 5.74) is 5.06. The molecule has 42 valence electrons. The highest BCUT2D eigenvalue weighted by Gasteiger charge is 1.84. The van der Waals surface area contributed by atoms with Gasteiger partial charge >= 0.3 is 0 Å². The number of aliphatic hydroxyl groups excluding tert-OH is 1. The lowest BCUT2D eigenvalue weighted by Crippen LogP contribution is -2.03. The quantitative estimate of drug-likeness (QED) is 0.524. The summed E-state index contributed by atoms with van der Waals surface area (Å²) >= 11 is 5.78. The van der Waals surface area contributed by atoms with Crippen LogP contribution < -0.4 is 5.73 Å². The third kappa shape index (κ3) is 6.20. The zero-order valence-electron chi connectivity index (χ0n) is 3.76. The fraction of sp³-hybridized carbons (Fsp3) is 0.667. The summed E-state index contributed by atoms with van der Waals surface area (Å²) in [6.45, 7) is 0.141. The molecule has 0 spiro atoms. The summed E-state index contributed by atoms with van der Waals surface area (Å²) in [5.74, 6) is 0.606. The van der Waals surface area contributed by atoms with Crippen molar-refractivity contribution in [2.24, 2.45) is 5.73 Å². The molecule has 0 unspecified atom stereocenters. The van der Waals surface area contributed by atoms with Crippen molar-refractivity contribution in [2.45, 2.75) is 0 Å². The van der Waals surface area contributed by atoms with Crippen molar-refractivity contribution in [3.63, 3.8) is 0 Å². The molecule has 7 heavy (non-hydrogen) atoms. The molecule has 0 saturated carbocycles. The summed E-state index contributed by atoms with van der Waals surface area (Å²) in [6, 6.07) is 0. The van der Waals surface area contributed by atoms with Gasteiger partial charge in [-0.25, -0.2) is 0 Å². The Hall–Kier alpha value is 0.200. The van der Waals surface area contributed by atoms with Crippen LogP contribution in [-0.2, 0) is 0 Å². The maximum atomic E-state index is 8.18. The second-order valence-corrected chi connectivity index (χ2v) is 2.73. The Balaban J connectivity index is 2.82. The predicted molar refractivity (Wildman–Crippen MR) is 36.3 cm³/mol. The van der Waals surface area contributed by atoms with E-state index in [4.69, 9.17) is 10.8 Å². The van der Waals surface area contributed by atoms with E-state index < -0.39 is 0 Å². The third-order valence-electron chi connectivity index (χ3n) is 0.336. The van der Waals surface area contributed by atoms with E-state index in [1.165, 1.54) is 11.8 Å². The van der Waals surface area contributed by atoms with Gasteiger partial charge in [0, 0.05) is 5.75 Å². The molecule has 0 amide bonds. The number of thiocarbonyl (C=S) groups is 1. The van der Waals surface area contributed by atoms with Crippen molar-refractivity contribution >= 4 is 28.3 Å². The number of hydrogen-bond donors (Lipinski definition) is 2.